The molecule has 1 rings (SSSR count). The molecular weight excluding hydrogens is 266 g/mol. The van der Waals surface area contributed by atoms with Gasteiger partial charge in [0, 0.05) is 38.0 Å². The molecule has 0 bridgehead atoms. The van der Waals surface area contributed by atoms with Gasteiger partial charge in [0.15, 0.2) is 0 Å². The van der Waals surface area contributed by atoms with E-state index in [4.69, 9.17) is 10.5 Å². The monoisotopic (exact) mass is 287 g/mol. The van der Waals surface area contributed by atoms with Crippen molar-refractivity contribution in [1.82, 2.24) is 10.2 Å². The fourth-order valence-corrected chi connectivity index (χ4v) is 1.46. The van der Waals surface area contributed by atoms with E-state index in [-0.39, 0.29) is 18.3 Å². The molecule has 0 aliphatic heterocycles. The first-order valence-corrected chi connectivity index (χ1v) is 5.94. The highest BCUT2D eigenvalue weighted by Gasteiger charge is 2.04. The molecule has 6 heteroatoms. The number of benzene rings is 1. The van der Waals surface area contributed by atoms with Gasteiger partial charge in [0.2, 0.25) is 0 Å². The predicted molar refractivity (Wildman–Crippen MR) is 79.8 cm³/mol. The van der Waals surface area contributed by atoms with Crippen LogP contribution in [0.5, 0.6) is 0 Å². The molecule has 0 aliphatic rings. The minimum atomic E-state index is -0.0739. The number of nitrogen functional groups attached to an aromatic ring is 1. The minimum Gasteiger partial charge on any atom is -0.399 e. The van der Waals surface area contributed by atoms with Crippen molar-refractivity contribution in [2.45, 2.75) is 0 Å². The molecule has 5 nitrogen and oxygen atoms in total. The lowest BCUT2D eigenvalue weighted by Gasteiger charge is -2.16. The van der Waals surface area contributed by atoms with Crippen molar-refractivity contribution >= 4 is 24.0 Å². The summed E-state index contributed by atoms with van der Waals surface area (Å²) in [5.74, 6) is -0.0739. The summed E-state index contributed by atoms with van der Waals surface area (Å²) >= 11 is 0. The Kier molecular flexibility index (Phi) is 8.95. The SMILES string of the molecule is COCCN(C)CCNC(=O)c1ccc(N)cc1.Cl. The van der Waals surface area contributed by atoms with Crippen LogP contribution in [0.1, 0.15) is 10.4 Å². The van der Waals surface area contributed by atoms with Crippen LogP contribution in [-0.4, -0.2) is 51.2 Å². The third-order valence-corrected chi connectivity index (χ3v) is 2.63. The molecule has 19 heavy (non-hydrogen) atoms. The van der Waals surface area contributed by atoms with Crippen molar-refractivity contribution in [2.75, 3.05) is 46.1 Å². The molecule has 0 saturated carbocycles. The number of ether oxygens (including phenoxy) is 1. The lowest BCUT2D eigenvalue weighted by atomic mass is 10.2. The van der Waals surface area contributed by atoms with E-state index < -0.39 is 0 Å². The van der Waals surface area contributed by atoms with Crippen LogP contribution in [0.3, 0.4) is 0 Å². The number of halogens is 1. The van der Waals surface area contributed by atoms with Gasteiger partial charge >= 0.3 is 0 Å². The van der Waals surface area contributed by atoms with Crippen molar-refractivity contribution in [3.8, 4) is 0 Å². The Morgan fingerprint density at radius 3 is 2.53 bits per heavy atom. The second kappa shape index (κ2) is 9.61. The van der Waals surface area contributed by atoms with Crippen LogP contribution < -0.4 is 11.1 Å². The average Bonchev–Trinajstić information content (AvgIpc) is 2.37. The summed E-state index contributed by atoms with van der Waals surface area (Å²) in [5, 5.41) is 2.86. The summed E-state index contributed by atoms with van der Waals surface area (Å²) in [5.41, 5.74) is 6.85. The summed E-state index contributed by atoms with van der Waals surface area (Å²) in [7, 11) is 3.67. The number of rotatable bonds is 7. The first kappa shape index (κ1) is 17.7. The Labute approximate surface area is 120 Å². The number of methoxy groups -OCH3 is 1. The second-order valence-corrected chi connectivity index (χ2v) is 4.17. The molecule has 3 N–H and O–H groups in total. The van der Waals surface area contributed by atoms with E-state index in [1.165, 1.54) is 0 Å². The maximum atomic E-state index is 11.8. The van der Waals surface area contributed by atoms with Gasteiger partial charge in [-0.1, -0.05) is 0 Å². The number of nitrogens with two attached hydrogens (primary N) is 1. The Hall–Kier alpha value is -1.30. The Morgan fingerprint density at radius 1 is 1.32 bits per heavy atom. The van der Waals surface area contributed by atoms with Gasteiger partial charge in [0.25, 0.3) is 5.91 Å². The first-order valence-electron chi connectivity index (χ1n) is 5.94. The highest BCUT2D eigenvalue weighted by Crippen LogP contribution is 2.04. The van der Waals surface area contributed by atoms with E-state index in [1.807, 2.05) is 7.05 Å². The topological polar surface area (TPSA) is 67.6 Å². The third-order valence-electron chi connectivity index (χ3n) is 2.63. The summed E-state index contributed by atoms with van der Waals surface area (Å²) in [6.45, 7) is 2.96. The van der Waals surface area contributed by atoms with Crippen molar-refractivity contribution in [3.05, 3.63) is 29.8 Å². The van der Waals surface area contributed by atoms with Crippen molar-refractivity contribution in [1.29, 1.82) is 0 Å². The van der Waals surface area contributed by atoms with Gasteiger partial charge in [-0.3, -0.25) is 4.79 Å². The number of nitrogens with zero attached hydrogens (tertiary/aromatic N) is 1. The van der Waals surface area contributed by atoms with Gasteiger partial charge in [0.05, 0.1) is 6.61 Å². The number of likely N-dealkylation sites (N-methyl/N-ethyl adjacent to an activating group) is 1. The van der Waals surface area contributed by atoms with E-state index in [2.05, 4.69) is 10.2 Å². The van der Waals surface area contributed by atoms with E-state index in [1.54, 1.807) is 31.4 Å². The number of amides is 1. The number of anilines is 1. The van der Waals surface area contributed by atoms with Crippen LogP contribution in [0.2, 0.25) is 0 Å². The van der Waals surface area contributed by atoms with Crippen LogP contribution in [0.25, 0.3) is 0 Å². The molecule has 108 valence electrons. The van der Waals surface area contributed by atoms with Gasteiger partial charge in [0.1, 0.15) is 0 Å². The summed E-state index contributed by atoms with van der Waals surface area (Å²) in [6.07, 6.45) is 0. The Bertz CT molecular complexity index is 371. The zero-order chi connectivity index (χ0) is 13.4. The van der Waals surface area contributed by atoms with E-state index in [9.17, 15) is 4.79 Å². The Morgan fingerprint density at radius 2 is 1.95 bits per heavy atom. The van der Waals surface area contributed by atoms with Crippen LogP contribution in [0, 0.1) is 0 Å². The van der Waals surface area contributed by atoms with Crippen molar-refractivity contribution in [3.63, 3.8) is 0 Å². The quantitative estimate of drug-likeness (QED) is 0.734. The highest BCUT2D eigenvalue weighted by molar-refractivity contribution is 5.94. The molecule has 1 amide bonds. The molecule has 0 spiro atoms. The molecule has 0 unspecified atom stereocenters. The first-order chi connectivity index (χ1) is 8.63. The zero-order valence-electron chi connectivity index (χ0n) is 11.4. The number of hydrogen-bond acceptors (Lipinski definition) is 4. The van der Waals surface area contributed by atoms with Crippen molar-refractivity contribution < 1.29 is 9.53 Å². The van der Waals surface area contributed by atoms with E-state index in [0.29, 0.717) is 24.4 Å². The van der Waals surface area contributed by atoms with Gasteiger partial charge in [-0.15, -0.1) is 12.4 Å². The molecule has 0 radical (unpaired) electrons. The molecule has 0 heterocycles. The lowest BCUT2D eigenvalue weighted by molar-refractivity contribution is 0.0947. The Balaban J connectivity index is 0.00000324. The van der Waals surface area contributed by atoms with Gasteiger partial charge in [-0.25, -0.2) is 0 Å². The molecule has 0 fully saturated rings. The van der Waals surface area contributed by atoms with Crippen LogP contribution in [0.4, 0.5) is 5.69 Å². The van der Waals surface area contributed by atoms with Crippen molar-refractivity contribution in [2.24, 2.45) is 0 Å². The molecule has 0 saturated heterocycles. The van der Waals surface area contributed by atoms with E-state index >= 15 is 0 Å². The van der Waals surface area contributed by atoms with E-state index in [0.717, 1.165) is 13.1 Å². The molecular formula is C13H22ClN3O2. The predicted octanol–water partition coefficient (Wildman–Crippen LogP) is 0.999. The van der Waals surface area contributed by atoms with Gasteiger partial charge < -0.3 is 20.7 Å². The summed E-state index contributed by atoms with van der Waals surface area (Å²) < 4.78 is 4.98. The van der Waals surface area contributed by atoms with Crippen LogP contribution in [0.15, 0.2) is 24.3 Å². The number of hydrogen-bond donors (Lipinski definition) is 2. The zero-order valence-corrected chi connectivity index (χ0v) is 12.2. The van der Waals surface area contributed by atoms with Crippen LogP contribution in [-0.2, 0) is 4.74 Å². The summed E-state index contributed by atoms with van der Waals surface area (Å²) in [4.78, 5) is 13.9. The maximum Gasteiger partial charge on any atom is 0.251 e. The molecule has 0 aromatic heterocycles. The summed E-state index contributed by atoms with van der Waals surface area (Å²) in [6, 6.07) is 6.89. The normalized spacial score (nSPS) is 10.1. The lowest BCUT2D eigenvalue weighted by Crippen LogP contribution is -2.34. The number of carbonyl (C=O) groups excluding carboxylic acids is 1. The standard InChI is InChI=1S/C13H21N3O2.ClH/c1-16(9-10-18-2)8-7-15-13(17)11-3-5-12(14)6-4-11;/h3-6H,7-10,14H2,1-2H3,(H,15,17);1H. The third kappa shape index (κ3) is 7.00. The molecule has 0 aliphatic carbocycles. The fraction of sp³-hybridized carbons (Fsp3) is 0.462. The number of carbonyl (C=O) groups is 1. The largest absolute Gasteiger partial charge is 0.399 e. The average molecular weight is 288 g/mol. The molecule has 1 aromatic carbocycles. The van der Waals surface area contributed by atoms with Crippen LogP contribution >= 0.6 is 12.4 Å². The fourth-order valence-electron chi connectivity index (χ4n) is 1.46. The van der Waals surface area contributed by atoms with Gasteiger partial charge in [-0.2, -0.15) is 0 Å². The smallest absolute Gasteiger partial charge is 0.251 e. The van der Waals surface area contributed by atoms with Gasteiger partial charge in [-0.05, 0) is 31.3 Å². The second-order valence-electron chi connectivity index (χ2n) is 4.17. The minimum absolute atomic E-state index is 0. The maximum absolute atomic E-state index is 11.8. The highest BCUT2D eigenvalue weighted by atomic mass is 35.5. The molecule has 1 aromatic rings. The number of nitrogens with one attached hydrogen (secondary N) is 1. The molecule has 0 atom stereocenters.